The average molecular weight is 358 g/mol. The van der Waals surface area contributed by atoms with Crippen molar-refractivity contribution in [2.75, 3.05) is 35.5 Å². The number of hydrogen-bond donors (Lipinski definition) is 1. The van der Waals surface area contributed by atoms with E-state index in [2.05, 4.69) is 9.97 Å². The quantitative estimate of drug-likeness (QED) is 0.699. The predicted octanol–water partition coefficient (Wildman–Crippen LogP) is 3.20. The van der Waals surface area contributed by atoms with Gasteiger partial charge in [-0.15, -0.1) is 0 Å². The molecule has 0 bridgehead atoms. The van der Waals surface area contributed by atoms with E-state index >= 15 is 0 Å². The van der Waals surface area contributed by atoms with Gasteiger partial charge in [-0.3, -0.25) is 0 Å². The van der Waals surface area contributed by atoms with E-state index in [-0.39, 0.29) is 0 Å². The van der Waals surface area contributed by atoms with E-state index in [1.807, 2.05) is 24.3 Å². The number of fused-ring (bicyclic) bond motifs is 1. The minimum Gasteiger partial charge on any atom is -0.493 e. The van der Waals surface area contributed by atoms with Crippen molar-refractivity contribution in [1.29, 1.82) is 0 Å². The van der Waals surface area contributed by atoms with Gasteiger partial charge in [0.15, 0.2) is 23.0 Å². The molecule has 2 aromatic carbocycles. The molecule has 3 aromatic rings. The first-order valence-corrected chi connectivity index (χ1v) is 8.03. The maximum atomic E-state index is 5.50. The van der Waals surface area contributed by atoms with Crippen LogP contribution in [0.15, 0.2) is 24.3 Å². The molecule has 26 heavy (non-hydrogen) atoms. The molecular weight excluding hydrogens is 336 g/mol. The lowest BCUT2D eigenvalue weighted by Crippen LogP contribution is -1.95. The number of nitrogens with one attached hydrogen (secondary N) is 1. The van der Waals surface area contributed by atoms with Crippen molar-refractivity contribution in [3.05, 3.63) is 35.7 Å². The monoisotopic (exact) mass is 358 g/mol. The fourth-order valence-electron chi connectivity index (χ4n) is 2.93. The van der Waals surface area contributed by atoms with E-state index in [0.29, 0.717) is 40.7 Å². The van der Waals surface area contributed by atoms with Gasteiger partial charge in [-0.2, -0.15) is 0 Å². The van der Waals surface area contributed by atoms with Crippen molar-refractivity contribution in [3.8, 4) is 28.7 Å². The summed E-state index contributed by atoms with van der Waals surface area (Å²) in [6.45, 7) is 0. The summed E-state index contributed by atoms with van der Waals surface area (Å²) in [6.07, 6.45) is 0.600. The van der Waals surface area contributed by atoms with Gasteiger partial charge in [-0.25, -0.2) is 4.98 Å². The molecule has 0 radical (unpaired) electrons. The van der Waals surface area contributed by atoms with Crippen LogP contribution in [0.5, 0.6) is 28.7 Å². The Morgan fingerprint density at radius 3 is 2.08 bits per heavy atom. The van der Waals surface area contributed by atoms with E-state index in [0.717, 1.165) is 16.9 Å². The maximum Gasteiger partial charge on any atom is 0.205 e. The molecular formula is C19H22N2O5. The van der Waals surface area contributed by atoms with E-state index in [1.165, 1.54) is 0 Å². The molecule has 1 N–H and O–H groups in total. The van der Waals surface area contributed by atoms with E-state index in [1.54, 1.807) is 35.5 Å². The Morgan fingerprint density at radius 1 is 0.769 bits per heavy atom. The van der Waals surface area contributed by atoms with E-state index in [4.69, 9.17) is 23.7 Å². The van der Waals surface area contributed by atoms with Gasteiger partial charge in [-0.1, -0.05) is 6.07 Å². The van der Waals surface area contributed by atoms with Crippen LogP contribution >= 0.6 is 0 Å². The Bertz CT molecular complexity index is 920. The van der Waals surface area contributed by atoms with Crippen LogP contribution < -0.4 is 23.7 Å². The maximum absolute atomic E-state index is 5.50. The molecule has 1 aromatic heterocycles. The Morgan fingerprint density at radius 2 is 1.46 bits per heavy atom. The molecule has 0 spiro atoms. The fourth-order valence-corrected chi connectivity index (χ4v) is 2.93. The highest BCUT2D eigenvalue weighted by Gasteiger charge is 2.19. The average Bonchev–Trinajstić information content (AvgIpc) is 3.07. The lowest BCUT2D eigenvalue weighted by Gasteiger charge is -2.11. The number of methoxy groups -OCH3 is 5. The molecule has 0 saturated heterocycles. The lowest BCUT2D eigenvalue weighted by molar-refractivity contribution is 0.327. The van der Waals surface area contributed by atoms with Crippen LogP contribution in [0.4, 0.5) is 0 Å². The number of nitrogens with zero attached hydrogens (tertiary/aromatic N) is 1. The van der Waals surface area contributed by atoms with Gasteiger partial charge in [0.05, 0.1) is 41.1 Å². The van der Waals surface area contributed by atoms with Gasteiger partial charge < -0.3 is 28.7 Å². The summed E-state index contributed by atoms with van der Waals surface area (Å²) >= 11 is 0. The summed E-state index contributed by atoms with van der Waals surface area (Å²) in [4.78, 5) is 7.98. The second-order valence-electron chi connectivity index (χ2n) is 5.59. The van der Waals surface area contributed by atoms with Crippen LogP contribution in [0.2, 0.25) is 0 Å². The highest BCUT2D eigenvalue weighted by Crippen LogP contribution is 2.42. The number of aromatic nitrogens is 2. The first-order valence-electron chi connectivity index (χ1n) is 8.03. The fraction of sp³-hybridized carbons (Fsp3) is 0.316. The van der Waals surface area contributed by atoms with Crippen molar-refractivity contribution in [2.45, 2.75) is 6.42 Å². The molecule has 0 aliphatic heterocycles. The van der Waals surface area contributed by atoms with E-state index < -0.39 is 0 Å². The second kappa shape index (κ2) is 7.43. The number of H-pyrrole nitrogens is 1. The molecule has 0 saturated carbocycles. The zero-order chi connectivity index (χ0) is 18.7. The third-order valence-electron chi connectivity index (χ3n) is 4.15. The summed E-state index contributed by atoms with van der Waals surface area (Å²) in [5.74, 6) is 3.81. The summed E-state index contributed by atoms with van der Waals surface area (Å²) < 4.78 is 26.9. The van der Waals surface area contributed by atoms with Crippen LogP contribution in [0.1, 0.15) is 11.4 Å². The first-order chi connectivity index (χ1) is 12.6. The third kappa shape index (κ3) is 3.08. The minimum atomic E-state index is 0.520. The Labute approximate surface area is 151 Å². The molecule has 3 rings (SSSR count). The Balaban J connectivity index is 2.02. The summed E-state index contributed by atoms with van der Waals surface area (Å²) in [6, 6.07) is 7.64. The van der Waals surface area contributed by atoms with Crippen molar-refractivity contribution in [3.63, 3.8) is 0 Å². The van der Waals surface area contributed by atoms with Crippen LogP contribution in [-0.2, 0) is 6.42 Å². The Kier molecular flexibility index (Phi) is 5.06. The number of benzene rings is 2. The zero-order valence-electron chi connectivity index (χ0n) is 15.5. The molecule has 0 atom stereocenters. The van der Waals surface area contributed by atoms with Gasteiger partial charge in [0.2, 0.25) is 5.75 Å². The first kappa shape index (κ1) is 17.7. The number of imidazole rings is 1. The summed E-state index contributed by atoms with van der Waals surface area (Å²) in [5, 5.41) is 0. The van der Waals surface area contributed by atoms with Gasteiger partial charge in [0.25, 0.3) is 0 Å². The second-order valence-corrected chi connectivity index (χ2v) is 5.59. The van der Waals surface area contributed by atoms with Crippen LogP contribution in [0.3, 0.4) is 0 Å². The SMILES string of the molecule is COc1ccc(Cc2nc3c(OC)c(OC)c(OC)cc3[nH]2)cc1OC. The molecule has 7 nitrogen and oxygen atoms in total. The normalized spacial score (nSPS) is 10.7. The Hall–Kier alpha value is -3.09. The van der Waals surface area contributed by atoms with Gasteiger partial charge >= 0.3 is 0 Å². The summed E-state index contributed by atoms with van der Waals surface area (Å²) in [7, 11) is 7.98. The van der Waals surface area contributed by atoms with Crippen molar-refractivity contribution < 1.29 is 23.7 Å². The number of rotatable bonds is 7. The summed E-state index contributed by atoms with van der Waals surface area (Å²) in [5.41, 5.74) is 2.55. The zero-order valence-corrected chi connectivity index (χ0v) is 15.5. The number of hydrogen-bond acceptors (Lipinski definition) is 6. The molecule has 0 aliphatic carbocycles. The third-order valence-corrected chi connectivity index (χ3v) is 4.15. The topological polar surface area (TPSA) is 74.8 Å². The van der Waals surface area contributed by atoms with E-state index in [9.17, 15) is 0 Å². The molecule has 0 fully saturated rings. The van der Waals surface area contributed by atoms with Crippen LogP contribution in [0, 0.1) is 0 Å². The van der Waals surface area contributed by atoms with Crippen molar-refractivity contribution >= 4 is 11.0 Å². The molecule has 0 unspecified atom stereocenters. The minimum absolute atomic E-state index is 0.520. The number of ether oxygens (including phenoxy) is 5. The predicted molar refractivity (Wildman–Crippen MR) is 98.1 cm³/mol. The van der Waals surface area contributed by atoms with Gasteiger partial charge in [0, 0.05) is 12.5 Å². The van der Waals surface area contributed by atoms with Crippen LogP contribution in [0.25, 0.3) is 11.0 Å². The molecule has 1 heterocycles. The lowest BCUT2D eigenvalue weighted by atomic mass is 10.1. The highest BCUT2D eigenvalue weighted by atomic mass is 16.5. The molecule has 7 heteroatoms. The van der Waals surface area contributed by atoms with Crippen molar-refractivity contribution in [2.24, 2.45) is 0 Å². The smallest absolute Gasteiger partial charge is 0.205 e. The van der Waals surface area contributed by atoms with Gasteiger partial charge in [0.1, 0.15) is 11.3 Å². The molecule has 0 aliphatic rings. The molecule has 0 amide bonds. The highest BCUT2D eigenvalue weighted by molar-refractivity contribution is 5.87. The molecule has 138 valence electrons. The largest absolute Gasteiger partial charge is 0.493 e. The van der Waals surface area contributed by atoms with Crippen molar-refractivity contribution in [1.82, 2.24) is 9.97 Å². The van der Waals surface area contributed by atoms with Crippen LogP contribution in [-0.4, -0.2) is 45.5 Å². The number of aromatic amines is 1. The van der Waals surface area contributed by atoms with Gasteiger partial charge in [-0.05, 0) is 17.7 Å². The standard InChI is InChI=1S/C19H22N2O5/c1-22-13-7-6-11(8-14(13)23-2)9-16-20-12-10-15(24-3)18(25-4)19(26-5)17(12)21-16/h6-8,10H,9H2,1-5H3,(H,20,21).